The van der Waals surface area contributed by atoms with Gasteiger partial charge in [0.15, 0.2) is 0 Å². The highest BCUT2D eigenvalue weighted by Crippen LogP contribution is 2.16. The fraction of sp³-hybridized carbons (Fsp3) is 0.625. The molecule has 0 aromatic heterocycles. The van der Waals surface area contributed by atoms with E-state index in [-0.39, 0.29) is 10.8 Å². The second kappa shape index (κ2) is 6.68. The van der Waals surface area contributed by atoms with Gasteiger partial charge in [-0.2, -0.15) is 0 Å². The van der Waals surface area contributed by atoms with Crippen LogP contribution in [0.15, 0.2) is 30.3 Å². The first-order valence-electron chi connectivity index (χ1n) is 6.85. The van der Waals surface area contributed by atoms with Crippen molar-refractivity contribution in [3.63, 3.8) is 0 Å². The molecule has 107 valence electrons. The zero-order valence-electron chi connectivity index (χ0n) is 13.1. The van der Waals surface area contributed by atoms with Gasteiger partial charge in [-0.3, -0.25) is 0 Å². The van der Waals surface area contributed by atoms with E-state index < -0.39 is 9.28 Å². The maximum atomic E-state index is 6.07. The summed E-state index contributed by atoms with van der Waals surface area (Å²) in [6.07, 6.45) is 0. The van der Waals surface area contributed by atoms with E-state index in [1.54, 1.807) is 0 Å². The minimum atomic E-state index is -1.39. The SMILES string of the molecule is CC(C)(C)CO[Si](OCC(C)(C)C)c1ccccc1. The summed E-state index contributed by atoms with van der Waals surface area (Å²) in [5.41, 5.74) is 0.325. The van der Waals surface area contributed by atoms with Crippen LogP contribution in [0.1, 0.15) is 41.5 Å². The van der Waals surface area contributed by atoms with Crippen molar-refractivity contribution in [2.45, 2.75) is 41.5 Å². The van der Waals surface area contributed by atoms with Crippen LogP contribution in [0.5, 0.6) is 0 Å². The van der Waals surface area contributed by atoms with Gasteiger partial charge in [0.05, 0.1) is 0 Å². The zero-order valence-corrected chi connectivity index (χ0v) is 14.1. The molecule has 0 bridgehead atoms. The Morgan fingerprint density at radius 3 is 1.58 bits per heavy atom. The fourth-order valence-electron chi connectivity index (χ4n) is 1.35. The Bertz CT molecular complexity index is 345. The summed E-state index contributed by atoms with van der Waals surface area (Å²) in [7, 11) is -1.39. The number of hydrogen-bond acceptors (Lipinski definition) is 2. The summed E-state index contributed by atoms with van der Waals surface area (Å²) in [4.78, 5) is 0. The van der Waals surface area contributed by atoms with Crippen molar-refractivity contribution >= 4 is 14.5 Å². The third kappa shape index (κ3) is 7.50. The Morgan fingerprint density at radius 2 is 1.21 bits per heavy atom. The third-order valence-electron chi connectivity index (χ3n) is 2.28. The molecule has 0 fully saturated rings. The van der Waals surface area contributed by atoms with E-state index in [0.29, 0.717) is 0 Å². The van der Waals surface area contributed by atoms with Gasteiger partial charge in [-0.05, 0) is 16.0 Å². The maximum absolute atomic E-state index is 6.07. The first-order valence-corrected chi connectivity index (χ1v) is 8.17. The molecule has 0 atom stereocenters. The van der Waals surface area contributed by atoms with Gasteiger partial charge in [-0.25, -0.2) is 0 Å². The van der Waals surface area contributed by atoms with E-state index in [1.165, 1.54) is 5.19 Å². The average molecular weight is 279 g/mol. The summed E-state index contributed by atoms with van der Waals surface area (Å²) >= 11 is 0. The van der Waals surface area contributed by atoms with Crippen molar-refractivity contribution in [2.24, 2.45) is 10.8 Å². The molecule has 0 amide bonds. The maximum Gasteiger partial charge on any atom is 0.423 e. The average Bonchev–Trinajstić information content (AvgIpc) is 2.27. The van der Waals surface area contributed by atoms with Crippen molar-refractivity contribution in [3.05, 3.63) is 30.3 Å². The van der Waals surface area contributed by atoms with Gasteiger partial charge in [-0.15, -0.1) is 0 Å². The predicted octanol–water partition coefficient (Wildman–Crippen LogP) is 3.51. The van der Waals surface area contributed by atoms with Crippen LogP contribution >= 0.6 is 0 Å². The Kier molecular flexibility index (Phi) is 5.77. The van der Waals surface area contributed by atoms with Crippen molar-refractivity contribution in [1.29, 1.82) is 0 Å². The topological polar surface area (TPSA) is 18.5 Å². The lowest BCUT2D eigenvalue weighted by Gasteiger charge is -2.25. The van der Waals surface area contributed by atoms with Gasteiger partial charge in [0.2, 0.25) is 0 Å². The molecule has 0 saturated carbocycles. The van der Waals surface area contributed by atoms with Crippen molar-refractivity contribution in [1.82, 2.24) is 0 Å². The molecule has 0 spiro atoms. The van der Waals surface area contributed by atoms with E-state index in [4.69, 9.17) is 8.85 Å². The number of rotatable bonds is 5. The predicted molar refractivity (Wildman–Crippen MR) is 82.6 cm³/mol. The molecule has 0 aliphatic carbocycles. The Hall–Kier alpha value is -0.643. The molecular formula is C16H27O2Si. The second-order valence-corrected chi connectivity index (χ2v) is 9.08. The smallest absolute Gasteiger partial charge is 0.389 e. The van der Waals surface area contributed by atoms with Gasteiger partial charge in [-0.1, -0.05) is 71.9 Å². The minimum Gasteiger partial charge on any atom is -0.389 e. The number of benzene rings is 1. The van der Waals surface area contributed by atoms with E-state index in [1.807, 2.05) is 18.2 Å². The molecule has 19 heavy (non-hydrogen) atoms. The molecule has 0 saturated heterocycles. The fourth-order valence-corrected chi connectivity index (χ4v) is 3.36. The lowest BCUT2D eigenvalue weighted by Crippen LogP contribution is -2.41. The van der Waals surface area contributed by atoms with Gasteiger partial charge in [0, 0.05) is 13.2 Å². The quantitative estimate of drug-likeness (QED) is 0.768. The molecule has 0 aliphatic rings. The summed E-state index contributed by atoms with van der Waals surface area (Å²) in [5.74, 6) is 0. The monoisotopic (exact) mass is 279 g/mol. The van der Waals surface area contributed by atoms with Crippen molar-refractivity contribution in [3.8, 4) is 0 Å². The van der Waals surface area contributed by atoms with Crippen molar-refractivity contribution in [2.75, 3.05) is 13.2 Å². The van der Waals surface area contributed by atoms with Gasteiger partial charge in [0.25, 0.3) is 0 Å². The van der Waals surface area contributed by atoms with E-state index in [0.717, 1.165) is 13.2 Å². The normalized spacial score (nSPS) is 13.0. The second-order valence-electron chi connectivity index (χ2n) is 7.35. The molecule has 1 radical (unpaired) electrons. The lowest BCUT2D eigenvalue weighted by molar-refractivity contribution is 0.119. The van der Waals surface area contributed by atoms with Crippen molar-refractivity contribution < 1.29 is 8.85 Å². The Morgan fingerprint density at radius 1 is 0.789 bits per heavy atom. The van der Waals surface area contributed by atoms with Crippen LogP contribution < -0.4 is 5.19 Å². The molecule has 0 N–H and O–H groups in total. The van der Waals surface area contributed by atoms with Crippen LogP contribution in [-0.2, 0) is 8.85 Å². The van der Waals surface area contributed by atoms with Crippen LogP contribution in [0.4, 0.5) is 0 Å². The first kappa shape index (κ1) is 16.4. The van der Waals surface area contributed by atoms with E-state index >= 15 is 0 Å². The summed E-state index contributed by atoms with van der Waals surface area (Å²) in [6.45, 7) is 14.5. The van der Waals surface area contributed by atoms with Crippen LogP contribution in [0, 0.1) is 10.8 Å². The van der Waals surface area contributed by atoms with Crippen LogP contribution in [0.3, 0.4) is 0 Å². The molecule has 0 unspecified atom stereocenters. The van der Waals surface area contributed by atoms with Crippen LogP contribution in [0.2, 0.25) is 0 Å². The zero-order chi connectivity index (χ0) is 14.5. The number of hydrogen-bond donors (Lipinski definition) is 0. The largest absolute Gasteiger partial charge is 0.423 e. The highest BCUT2D eigenvalue weighted by atomic mass is 28.3. The van der Waals surface area contributed by atoms with Gasteiger partial charge >= 0.3 is 9.28 Å². The van der Waals surface area contributed by atoms with Crippen LogP contribution in [0.25, 0.3) is 0 Å². The lowest BCUT2D eigenvalue weighted by atomic mass is 9.99. The molecule has 1 aromatic rings. The summed E-state index contributed by atoms with van der Waals surface area (Å²) < 4.78 is 12.1. The minimum absolute atomic E-state index is 0.162. The molecule has 1 aromatic carbocycles. The summed E-state index contributed by atoms with van der Waals surface area (Å²) in [6, 6.07) is 10.3. The molecular weight excluding hydrogens is 252 g/mol. The molecule has 1 rings (SSSR count). The van der Waals surface area contributed by atoms with Crippen LogP contribution in [-0.4, -0.2) is 22.5 Å². The highest BCUT2D eigenvalue weighted by molar-refractivity contribution is 6.61. The van der Waals surface area contributed by atoms with Gasteiger partial charge in [0.1, 0.15) is 0 Å². The molecule has 0 aliphatic heterocycles. The molecule has 3 heteroatoms. The van der Waals surface area contributed by atoms with E-state index in [2.05, 4.69) is 53.7 Å². The third-order valence-corrected chi connectivity index (χ3v) is 3.90. The Balaban J connectivity index is 2.68. The first-order chi connectivity index (χ1) is 8.67. The standard InChI is InChI=1S/C16H27O2Si/c1-15(2,3)12-17-19(18-13-16(4,5)6)14-10-8-7-9-11-14/h7-11H,12-13H2,1-6H3. The molecule has 2 nitrogen and oxygen atoms in total. The Labute approximate surface area is 120 Å². The van der Waals surface area contributed by atoms with Gasteiger partial charge < -0.3 is 8.85 Å². The van der Waals surface area contributed by atoms with E-state index in [9.17, 15) is 0 Å². The summed E-state index contributed by atoms with van der Waals surface area (Å²) in [5, 5.41) is 1.18. The molecule has 0 heterocycles. The highest BCUT2D eigenvalue weighted by Gasteiger charge is 2.24.